The molecule has 0 bridgehead atoms. The van der Waals surface area contributed by atoms with E-state index in [0.717, 1.165) is 5.75 Å². The van der Waals surface area contributed by atoms with Gasteiger partial charge in [0.2, 0.25) is 0 Å². The second-order valence-electron chi connectivity index (χ2n) is 7.09. The Bertz CT molecular complexity index is 1280. The van der Waals surface area contributed by atoms with Crippen molar-refractivity contribution in [1.82, 2.24) is 5.32 Å². The van der Waals surface area contributed by atoms with Crippen molar-refractivity contribution in [2.24, 2.45) is 4.99 Å². The third-order valence-electron chi connectivity index (χ3n) is 4.83. The molecule has 1 aliphatic rings. The molecule has 0 spiro atoms. The van der Waals surface area contributed by atoms with E-state index in [1.54, 1.807) is 67.8 Å². The zero-order valence-corrected chi connectivity index (χ0v) is 19.9. The molecule has 1 heterocycles. The Labute approximate surface area is 205 Å². The third kappa shape index (κ3) is 5.52. The molecule has 0 aliphatic carbocycles. The Balaban J connectivity index is 1.53. The van der Waals surface area contributed by atoms with Gasteiger partial charge in [-0.2, -0.15) is 0 Å². The van der Waals surface area contributed by atoms with Crippen LogP contribution in [0.5, 0.6) is 17.2 Å². The fourth-order valence-corrected chi connectivity index (χ4v) is 4.25. The molecule has 0 aromatic heterocycles. The van der Waals surface area contributed by atoms with Crippen molar-refractivity contribution in [3.05, 3.63) is 87.5 Å². The number of rotatable bonds is 7. The highest BCUT2D eigenvalue weighted by Gasteiger charge is 2.24. The monoisotopic (exact) mass is 498 g/mol. The average molecular weight is 499 g/mol. The van der Waals surface area contributed by atoms with E-state index in [0.29, 0.717) is 38.4 Å². The topological polar surface area (TPSA) is 69.2 Å². The summed E-state index contributed by atoms with van der Waals surface area (Å²) in [5.41, 5.74) is 1.73. The number of aliphatic imine (C=N–C) groups is 1. The maximum Gasteiger partial charge on any atom is 0.264 e. The number of amidine groups is 1. The van der Waals surface area contributed by atoms with E-state index < -0.39 is 0 Å². The molecule has 3 aromatic rings. The smallest absolute Gasteiger partial charge is 0.264 e. The standard InChI is InChI=1S/C25H20ClFN2O4S/c1-31-18-9-7-17(8-10-18)28-25-29-24(30)22(34-25)13-15-11-19(26)23(21(12-15)32-2)33-14-16-5-3-4-6-20(16)27/h3-13H,14H2,1-2H3,(H,28,29,30)/b22-13+. The highest BCUT2D eigenvalue weighted by Crippen LogP contribution is 2.38. The van der Waals surface area contributed by atoms with Gasteiger partial charge < -0.3 is 19.5 Å². The zero-order chi connectivity index (χ0) is 24.1. The summed E-state index contributed by atoms with van der Waals surface area (Å²) in [6.07, 6.45) is 1.69. The molecule has 0 radical (unpaired) electrons. The van der Waals surface area contributed by atoms with E-state index in [1.165, 1.54) is 24.9 Å². The van der Waals surface area contributed by atoms with E-state index in [9.17, 15) is 9.18 Å². The molecule has 1 saturated heterocycles. The maximum absolute atomic E-state index is 13.9. The van der Waals surface area contributed by atoms with E-state index in [1.807, 2.05) is 0 Å². The molecule has 9 heteroatoms. The van der Waals surface area contributed by atoms with E-state index in [2.05, 4.69) is 10.3 Å². The Morgan fingerprint density at radius 3 is 2.56 bits per heavy atom. The number of ether oxygens (including phenoxy) is 3. The molecule has 0 saturated carbocycles. The van der Waals surface area contributed by atoms with Gasteiger partial charge in [0, 0.05) is 5.56 Å². The second-order valence-corrected chi connectivity index (χ2v) is 8.53. The predicted octanol–water partition coefficient (Wildman–Crippen LogP) is 5.97. The van der Waals surface area contributed by atoms with Crippen LogP contribution in [0, 0.1) is 5.82 Å². The van der Waals surface area contributed by atoms with Gasteiger partial charge in [-0.3, -0.25) is 4.79 Å². The van der Waals surface area contributed by atoms with Crippen molar-refractivity contribution < 1.29 is 23.4 Å². The number of nitrogens with zero attached hydrogens (tertiary/aromatic N) is 1. The van der Waals surface area contributed by atoms with Gasteiger partial charge in [0.25, 0.3) is 5.91 Å². The number of thioether (sulfide) groups is 1. The summed E-state index contributed by atoms with van der Waals surface area (Å²) in [6.45, 7) is -0.00731. The summed E-state index contributed by atoms with van der Waals surface area (Å²) >= 11 is 7.65. The van der Waals surface area contributed by atoms with Gasteiger partial charge in [0.1, 0.15) is 18.2 Å². The lowest BCUT2D eigenvalue weighted by Gasteiger charge is -2.14. The molecule has 4 rings (SSSR count). The number of halogens is 2. The molecule has 0 unspecified atom stereocenters. The van der Waals surface area contributed by atoms with Crippen molar-refractivity contribution in [1.29, 1.82) is 0 Å². The lowest BCUT2D eigenvalue weighted by atomic mass is 10.1. The zero-order valence-electron chi connectivity index (χ0n) is 18.3. The lowest BCUT2D eigenvalue weighted by molar-refractivity contribution is -0.115. The molecule has 1 aliphatic heterocycles. The van der Waals surface area contributed by atoms with E-state index in [-0.39, 0.29) is 23.4 Å². The number of carbonyl (C=O) groups excluding carboxylic acids is 1. The third-order valence-corrected chi connectivity index (χ3v) is 6.02. The second kappa shape index (κ2) is 10.6. The Kier molecular flexibility index (Phi) is 7.40. The van der Waals surface area contributed by atoms with Crippen LogP contribution in [0.25, 0.3) is 6.08 Å². The maximum atomic E-state index is 13.9. The number of nitrogens with one attached hydrogen (secondary N) is 1. The highest BCUT2D eigenvalue weighted by molar-refractivity contribution is 8.18. The summed E-state index contributed by atoms with van der Waals surface area (Å²) in [4.78, 5) is 17.4. The Morgan fingerprint density at radius 1 is 1.09 bits per heavy atom. The van der Waals surface area contributed by atoms with Gasteiger partial charge in [-0.15, -0.1) is 0 Å². The number of hydrogen-bond acceptors (Lipinski definition) is 6. The first-order valence-electron chi connectivity index (χ1n) is 10.1. The van der Waals surface area contributed by atoms with Crippen LogP contribution < -0.4 is 19.5 Å². The van der Waals surface area contributed by atoms with Crippen molar-refractivity contribution in [2.45, 2.75) is 6.61 Å². The summed E-state index contributed by atoms with van der Waals surface area (Å²) in [6, 6.07) is 16.9. The molecule has 6 nitrogen and oxygen atoms in total. The van der Waals surface area contributed by atoms with Gasteiger partial charge in [-0.05, 0) is 65.9 Å². The summed E-state index contributed by atoms with van der Waals surface area (Å²) in [5, 5.41) is 3.49. The van der Waals surface area contributed by atoms with Crippen LogP contribution in [0.3, 0.4) is 0 Å². The predicted molar refractivity (Wildman–Crippen MR) is 133 cm³/mol. The Morgan fingerprint density at radius 2 is 1.85 bits per heavy atom. The van der Waals surface area contributed by atoms with Crippen molar-refractivity contribution in [3.8, 4) is 17.2 Å². The molecule has 34 heavy (non-hydrogen) atoms. The number of methoxy groups -OCH3 is 2. The van der Waals surface area contributed by atoms with Crippen molar-refractivity contribution in [2.75, 3.05) is 14.2 Å². The number of carbonyl (C=O) groups is 1. The number of amides is 1. The molecular weight excluding hydrogens is 479 g/mol. The SMILES string of the molecule is COc1ccc(N=C2NC(=O)/C(=C\c3cc(Cl)c(OCc4ccccc4F)c(OC)c3)S2)cc1. The summed E-state index contributed by atoms with van der Waals surface area (Å²) in [5.74, 6) is 0.744. The van der Waals surface area contributed by atoms with Crippen LogP contribution in [0.1, 0.15) is 11.1 Å². The Hall–Kier alpha value is -3.49. The number of benzene rings is 3. The molecular formula is C25H20ClFN2O4S. The van der Waals surface area contributed by atoms with Gasteiger partial charge in [-0.1, -0.05) is 29.8 Å². The minimum atomic E-state index is -0.365. The van der Waals surface area contributed by atoms with Crippen LogP contribution in [-0.4, -0.2) is 25.3 Å². The molecule has 1 N–H and O–H groups in total. The quantitative estimate of drug-likeness (QED) is 0.407. The van der Waals surface area contributed by atoms with Crippen LogP contribution in [-0.2, 0) is 11.4 Å². The summed E-state index contributed by atoms with van der Waals surface area (Å²) in [7, 11) is 3.07. The lowest BCUT2D eigenvalue weighted by Crippen LogP contribution is -2.19. The molecule has 1 fully saturated rings. The normalized spacial score (nSPS) is 15.5. The molecule has 1 amide bonds. The van der Waals surface area contributed by atoms with E-state index >= 15 is 0 Å². The van der Waals surface area contributed by atoms with Crippen molar-refractivity contribution >= 4 is 46.2 Å². The number of hydrogen-bond donors (Lipinski definition) is 1. The molecule has 174 valence electrons. The average Bonchev–Trinajstić information content (AvgIpc) is 3.17. The first-order chi connectivity index (χ1) is 16.5. The molecule has 3 aromatic carbocycles. The van der Waals surface area contributed by atoms with Crippen LogP contribution >= 0.6 is 23.4 Å². The van der Waals surface area contributed by atoms with Crippen molar-refractivity contribution in [3.63, 3.8) is 0 Å². The van der Waals surface area contributed by atoms with Gasteiger partial charge in [0.15, 0.2) is 16.7 Å². The van der Waals surface area contributed by atoms with Crippen LogP contribution in [0.15, 0.2) is 70.6 Å². The van der Waals surface area contributed by atoms with Crippen LogP contribution in [0.4, 0.5) is 10.1 Å². The fraction of sp³-hybridized carbons (Fsp3) is 0.120. The first kappa shape index (κ1) is 23.7. The highest BCUT2D eigenvalue weighted by atomic mass is 35.5. The van der Waals surface area contributed by atoms with Gasteiger partial charge in [0.05, 0.1) is 29.8 Å². The first-order valence-corrected chi connectivity index (χ1v) is 11.3. The summed E-state index contributed by atoms with van der Waals surface area (Å²) < 4.78 is 30.2. The van der Waals surface area contributed by atoms with Gasteiger partial charge in [-0.25, -0.2) is 9.38 Å². The van der Waals surface area contributed by atoms with Gasteiger partial charge >= 0.3 is 0 Å². The van der Waals surface area contributed by atoms with E-state index in [4.69, 9.17) is 25.8 Å². The fourth-order valence-electron chi connectivity index (χ4n) is 3.13. The largest absolute Gasteiger partial charge is 0.497 e. The minimum absolute atomic E-state index is 0.00731. The van der Waals surface area contributed by atoms with Crippen LogP contribution in [0.2, 0.25) is 5.02 Å². The molecule has 0 atom stereocenters. The minimum Gasteiger partial charge on any atom is -0.497 e.